The summed E-state index contributed by atoms with van der Waals surface area (Å²) >= 11 is 18.2. The van der Waals surface area contributed by atoms with E-state index >= 15 is 0 Å². The molecular formula is C15H17Cl3N2O. The highest BCUT2D eigenvalue weighted by atomic mass is 35.5. The Morgan fingerprint density at radius 3 is 2.76 bits per heavy atom. The summed E-state index contributed by atoms with van der Waals surface area (Å²) in [4.78, 5) is 4.70. The van der Waals surface area contributed by atoms with Crippen molar-refractivity contribution >= 4 is 45.8 Å². The van der Waals surface area contributed by atoms with E-state index < -0.39 is 0 Å². The first kappa shape index (κ1) is 15.4. The molecule has 3 rings (SSSR count). The molecule has 114 valence electrons. The molecule has 3 nitrogen and oxygen atoms in total. The predicted molar refractivity (Wildman–Crippen MR) is 87.9 cm³/mol. The van der Waals surface area contributed by atoms with Gasteiger partial charge in [0, 0.05) is 19.4 Å². The summed E-state index contributed by atoms with van der Waals surface area (Å²) in [5.41, 5.74) is 1.88. The molecule has 21 heavy (non-hydrogen) atoms. The maximum atomic E-state index is 6.19. The number of methoxy groups -OCH3 is 1. The molecule has 2 aromatic rings. The standard InChI is InChI=1S/C15H17Cl3N2O/c1-21-14-4-2-3-12(14)20-13-8-10(18)9(17)7-11(13)19-15(20)5-6-16/h7-8,12,14H,2-6H2,1H3. The largest absolute Gasteiger partial charge is 0.379 e. The van der Waals surface area contributed by atoms with Crippen LogP contribution in [0.25, 0.3) is 11.0 Å². The van der Waals surface area contributed by atoms with Crippen molar-refractivity contribution in [1.82, 2.24) is 9.55 Å². The number of imidazole rings is 1. The second kappa shape index (κ2) is 6.33. The van der Waals surface area contributed by atoms with Crippen LogP contribution in [0.4, 0.5) is 0 Å². The Bertz CT molecular complexity index is 656. The highest BCUT2D eigenvalue weighted by Crippen LogP contribution is 2.37. The summed E-state index contributed by atoms with van der Waals surface area (Å²) in [6.45, 7) is 0. The molecule has 0 radical (unpaired) electrons. The number of rotatable bonds is 4. The molecule has 1 aliphatic carbocycles. The zero-order valence-corrected chi connectivity index (χ0v) is 14.0. The number of hydrogen-bond acceptors (Lipinski definition) is 2. The number of ether oxygens (including phenoxy) is 1. The predicted octanol–water partition coefficient (Wildman–Crippen LogP) is 4.86. The Balaban J connectivity index is 2.17. The number of benzene rings is 1. The van der Waals surface area contributed by atoms with Gasteiger partial charge in [0.1, 0.15) is 5.82 Å². The van der Waals surface area contributed by atoms with E-state index in [0.717, 1.165) is 42.5 Å². The zero-order chi connectivity index (χ0) is 15.0. The molecule has 1 heterocycles. The summed E-state index contributed by atoms with van der Waals surface area (Å²) in [5, 5.41) is 1.08. The minimum atomic E-state index is 0.214. The highest BCUT2D eigenvalue weighted by Gasteiger charge is 2.31. The highest BCUT2D eigenvalue weighted by molar-refractivity contribution is 6.42. The van der Waals surface area contributed by atoms with E-state index in [9.17, 15) is 0 Å². The van der Waals surface area contributed by atoms with Crippen molar-refractivity contribution in [2.75, 3.05) is 13.0 Å². The van der Waals surface area contributed by atoms with Gasteiger partial charge in [0.05, 0.1) is 33.2 Å². The molecular weight excluding hydrogens is 331 g/mol. The van der Waals surface area contributed by atoms with E-state index in [2.05, 4.69) is 4.57 Å². The third kappa shape index (κ3) is 2.77. The second-order valence-corrected chi connectivity index (χ2v) is 6.56. The van der Waals surface area contributed by atoms with Crippen molar-refractivity contribution in [2.24, 2.45) is 0 Å². The van der Waals surface area contributed by atoms with Gasteiger partial charge < -0.3 is 9.30 Å². The van der Waals surface area contributed by atoms with Crippen LogP contribution in [0.15, 0.2) is 12.1 Å². The van der Waals surface area contributed by atoms with Crippen LogP contribution in [0.1, 0.15) is 31.1 Å². The molecule has 0 saturated heterocycles. The van der Waals surface area contributed by atoms with E-state index in [1.165, 1.54) is 0 Å². The van der Waals surface area contributed by atoms with Gasteiger partial charge in [-0.1, -0.05) is 23.2 Å². The summed E-state index contributed by atoms with van der Waals surface area (Å²) in [6, 6.07) is 4.01. The van der Waals surface area contributed by atoms with E-state index in [0.29, 0.717) is 15.9 Å². The first-order valence-corrected chi connectivity index (χ1v) is 8.39. The van der Waals surface area contributed by atoms with Gasteiger partial charge in [-0.2, -0.15) is 0 Å². The number of aryl methyl sites for hydroxylation is 1. The number of fused-ring (bicyclic) bond motifs is 1. The molecule has 0 bridgehead atoms. The van der Waals surface area contributed by atoms with Crippen LogP contribution in [-0.4, -0.2) is 28.6 Å². The molecule has 2 unspecified atom stereocenters. The topological polar surface area (TPSA) is 27.1 Å². The first-order valence-electron chi connectivity index (χ1n) is 7.10. The molecule has 1 fully saturated rings. The van der Waals surface area contributed by atoms with Crippen molar-refractivity contribution in [3.8, 4) is 0 Å². The van der Waals surface area contributed by atoms with Crippen molar-refractivity contribution < 1.29 is 4.74 Å². The Hall–Kier alpha value is -0.480. The molecule has 0 N–H and O–H groups in total. The van der Waals surface area contributed by atoms with Gasteiger partial charge in [-0.25, -0.2) is 4.98 Å². The molecule has 1 saturated carbocycles. The van der Waals surface area contributed by atoms with Crippen LogP contribution >= 0.6 is 34.8 Å². The van der Waals surface area contributed by atoms with Crippen molar-refractivity contribution in [1.29, 1.82) is 0 Å². The third-order valence-electron chi connectivity index (χ3n) is 4.17. The Morgan fingerprint density at radius 2 is 2.05 bits per heavy atom. The number of nitrogens with zero attached hydrogens (tertiary/aromatic N) is 2. The fraction of sp³-hybridized carbons (Fsp3) is 0.533. The monoisotopic (exact) mass is 346 g/mol. The average molecular weight is 348 g/mol. The molecule has 0 spiro atoms. The fourth-order valence-electron chi connectivity index (χ4n) is 3.25. The number of aromatic nitrogens is 2. The van der Waals surface area contributed by atoms with E-state index in [1.54, 1.807) is 7.11 Å². The van der Waals surface area contributed by atoms with Crippen molar-refractivity contribution in [3.63, 3.8) is 0 Å². The van der Waals surface area contributed by atoms with Gasteiger partial charge in [-0.05, 0) is 31.4 Å². The minimum absolute atomic E-state index is 0.214. The van der Waals surface area contributed by atoms with Crippen LogP contribution < -0.4 is 0 Å². The minimum Gasteiger partial charge on any atom is -0.379 e. The Kier molecular flexibility index (Phi) is 4.65. The molecule has 1 aromatic heterocycles. The van der Waals surface area contributed by atoms with E-state index in [1.807, 2.05) is 12.1 Å². The van der Waals surface area contributed by atoms with Crippen LogP contribution in [0.3, 0.4) is 0 Å². The normalized spacial score (nSPS) is 22.3. The lowest BCUT2D eigenvalue weighted by Gasteiger charge is -2.22. The van der Waals surface area contributed by atoms with Gasteiger partial charge in [0.15, 0.2) is 0 Å². The average Bonchev–Trinajstić information content (AvgIpc) is 3.03. The Labute approximate surface area is 139 Å². The number of hydrogen-bond donors (Lipinski definition) is 0. The van der Waals surface area contributed by atoms with Crippen molar-refractivity contribution in [3.05, 3.63) is 28.0 Å². The lowest BCUT2D eigenvalue weighted by molar-refractivity contribution is 0.0753. The molecule has 1 aromatic carbocycles. The maximum absolute atomic E-state index is 6.19. The zero-order valence-electron chi connectivity index (χ0n) is 11.8. The van der Waals surface area contributed by atoms with Crippen LogP contribution in [0.2, 0.25) is 10.0 Å². The van der Waals surface area contributed by atoms with Gasteiger partial charge in [-0.3, -0.25) is 0 Å². The molecule has 0 aliphatic heterocycles. The van der Waals surface area contributed by atoms with Gasteiger partial charge >= 0.3 is 0 Å². The first-order chi connectivity index (χ1) is 10.2. The number of halogens is 3. The van der Waals surface area contributed by atoms with E-state index in [-0.39, 0.29) is 12.1 Å². The lowest BCUT2D eigenvalue weighted by Crippen LogP contribution is -2.22. The summed E-state index contributed by atoms with van der Waals surface area (Å²) in [6.07, 6.45) is 4.25. The molecule has 0 amide bonds. The lowest BCUT2D eigenvalue weighted by atomic mass is 10.2. The van der Waals surface area contributed by atoms with E-state index in [4.69, 9.17) is 44.5 Å². The van der Waals surface area contributed by atoms with Crippen molar-refractivity contribution in [2.45, 2.75) is 37.8 Å². The molecule has 2 atom stereocenters. The van der Waals surface area contributed by atoms with Gasteiger partial charge in [0.25, 0.3) is 0 Å². The summed E-state index contributed by atoms with van der Waals surface area (Å²) in [7, 11) is 1.77. The van der Waals surface area contributed by atoms with Crippen LogP contribution in [0.5, 0.6) is 0 Å². The summed E-state index contributed by atoms with van der Waals surface area (Å²) in [5.74, 6) is 1.52. The third-order valence-corrected chi connectivity index (χ3v) is 5.09. The summed E-state index contributed by atoms with van der Waals surface area (Å²) < 4.78 is 7.89. The second-order valence-electron chi connectivity index (χ2n) is 5.36. The quantitative estimate of drug-likeness (QED) is 0.738. The fourth-order valence-corrected chi connectivity index (χ4v) is 3.73. The smallest absolute Gasteiger partial charge is 0.111 e. The Morgan fingerprint density at radius 1 is 1.29 bits per heavy atom. The van der Waals surface area contributed by atoms with Crippen LogP contribution in [0, 0.1) is 0 Å². The molecule has 6 heteroatoms. The molecule has 1 aliphatic rings. The van der Waals surface area contributed by atoms with Gasteiger partial charge in [0.2, 0.25) is 0 Å². The SMILES string of the molecule is COC1CCCC1n1c(CCCl)nc2cc(Cl)c(Cl)cc21. The van der Waals surface area contributed by atoms with Gasteiger partial charge in [-0.15, -0.1) is 11.6 Å². The van der Waals surface area contributed by atoms with Crippen LogP contribution in [-0.2, 0) is 11.2 Å². The maximum Gasteiger partial charge on any atom is 0.111 e. The number of alkyl halides is 1.